The number of aliphatic hydroxyl groups is 1. The fourth-order valence-corrected chi connectivity index (χ4v) is 1.31. The van der Waals surface area contributed by atoms with Crippen LogP contribution in [0, 0.1) is 0 Å². The van der Waals surface area contributed by atoms with Crippen molar-refractivity contribution in [1.82, 2.24) is 10.2 Å². The van der Waals surface area contributed by atoms with E-state index in [0.717, 1.165) is 19.6 Å². The molecule has 3 heteroatoms. The van der Waals surface area contributed by atoms with Crippen molar-refractivity contribution in [3.63, 3.8) is 0 Å². The zero-order chi connectivity index (χ0) is 7.40. The van der Waals surface area contributed by atoms with E-state index in [2.05, 4.69) is 17.3 Å². The maximum absolute atomic E-state index is 8.84. The number of nitrogens with zero attached hydrogens (tertiary/aromatic N) is 1. The summed E-state index contributed by atoms with van der Waals surface area (Å²) in [5, 5.41) is 12.1. The van der Waals surface area contributed by atoms with Crippen molar-refractivity contribution in [2.45, 2.75) is 12.5 Å². The minimum atomic E-state index is 0.254. The van der Waals surface area contributed by atoms with Crippen molar-refractivity contribution in [2.75, 3.05) is 33.3 Å². The third-order valence-corrected chi connectivity index (χ3v) is 1.90. The predicted molar refractivity (Wildman–Crippen MR) is 41.0 cm³/mol. The third kappa shape index (κ3) is 2.25. The number of hydrogen-bond donors (Lipinski definition) is 2. The molecule has 0 aromatic heterocycles. The van der Waals surface area contributed by atoms with Gasteiger partial charge in [-0.1, -0.05) is 0 Å². The summed E-state index contributed by atoms with van der Waals surface area (Å²) in [6, 6.07) is 0.285. The van der Waals surface area contributed by atoms with Crippen LogP contribution in [0.4, 0.5) is 0 Å². The van der Waals surface area contributed by atoms with Crippen molar-refractivity contribution in [2.24, 2.45) is 0 Å². The highest BCUT2D eigenvalue weighted by atomic mass is 16.3. The second kappa shape index (κ2) is 3.91. The summed E-state index contributed by atoms with van der Waals surface area (Å²) >= 11 is 0. The highest BCUT2D eigenvalue weighted by Crippen LogP contribution is 1.95. The Morgan fingerprint density at radius 2 is 2.50 bits per heavy atom. The Morgan fingerprint density at radius 3 is 3.20 bits per heavy atom. The summed E-state index contributed by atoms with van der Waals surface area (Å²) in [4.78, 5) is 2.25. The van der Waals surface area contributed by atoms with Crippen molar-refractivity contribution in [1.29, 1.82) is 0 Å². The first-order valence-corrected chi connectivity index (χ1v) is 3.85. The van der Waals surface area contributed by atoms with Gasteiger partial charge in [0.25, 0.3) is 0 Å². The van der Waals surface area contributed by atoms with Gasteiger partial charge >= 0.3 is 0 Å². The van der Waals surface area contributed by atoms with E-state index in [0.29, 0.717) is 0 Å². The summed E-state index contributed by atoms with van der Waals surface area (Å²) in [6.07, 6.45) is 1.19. The minimum absolute atomic E-state index is 0.254. The molecule has 2 N–H and O–H groups in total. The van der Waals surface area contributed by atoms with Gasteiger partial charge in [0.05, 0.1) is 6.61 Å². The molecule has 0 bridgehead atoms. The minimum Gasteiger partial charge on any atom is -0.395 e. The summed E-state index contributed by atoms with van der Waals surface area (Å²) in [5.74, 6) is 0. The molecule has 1 saturated heterocycles. The molecule has 3 nitrogen and oxygen atoms in total. The topological polar surface area (TPSA) is 35.5 Å². The van der Waals surface area contributed by atoms with E-state index in [1.54, 1.807) is 0 Å². The fourth-order valence-electron chi connectivity index (χ4n) is 1.31. The molecular formula is C7H16N2O. The summed E-state index contributed by atoms with van der Waals surface area (Å²) < 4.78 is 0. The number of aliphatic hydroxyl groups excluding tert-OH is 1. The lowest BCUT2D eigenvalue weighted by atomic mass is 10.3. The van der Waals surface area contributed by atoms with Crippen LogP contribution in [0.15, 0.2) is 0 Å². The first kappa shape index (κ1) is 7.98. The highest BCUT2D eigenvalue weighted by molar-refractivity contribution is 4.73. The van der Waals surface area contributed by atoms with Gasteiger partial charge in [0.2, 0.25) is 0 Å². The monoisotopic (exact) mass is 144 g/mol. The third-order valence-electron chi connectivity index (χ3n) is 1.90. The Hall–Kier alpha value is -0.120. The molecule has 0 aromatic carbocycles. The Balaban J connectivity index is 2.30. The predicted octanol–water partition coefficient (Wildman–Crippen LogP) is -0.728. The maximum atomic E-state index is 8.84. The molecule has 1 heterocycles. The van der Waals surface area contributed by atoms with Gasteiger partial charge < -0.3 is 15.3 Å². The number of rotatable bonds is 1. The Kier molecular flexibility index (Phi) is 3.12. The Bertz CT molecular complexity index is 97.6. The van der Waals surface area contributed by atoms with Crippen LogP contribution in [-0.2, 0) is 0 Å². The Labute approximate surface area is 62.0 Å². The lowest BCUT2D eigenvalue weighted by molar-refractivity contribution is 0.216. The van der Waals surface area contributed by atoms with Gasteiger partial charge in [-0.05, 0) is 26.6 Å². The SMILES string of the molecule is CN1CCCNC(CO)C1. The molecule has 0 radical (unpaired) electrons. The van der Waals surface area contributed by atoms with Crippen LogP contribution in [-0.4, -0.2) is 49.3 Å². The van der Waals surface area contributed by atoms with Crippen LogP contribution in [0.2, 0.25) is 0 Å². The van der Waals surface area contributed by atoms with Gasteiger partial charge in [-0.25, -0.2) is 0 Å². The standard InChI is InChI=1S/C7H16N2O/c1-9-4-2-3-8-7(5-9)6-10/h7-8,10H,2-6H2,1H3. The molecule has 0 aromatic rings. The van der Waals surface area contributed by atoms with Crippen LogP contribution >= 0.6 is 0 Å². The van der Waals surface area contributed by atoms with E-state index in [1.807, 2.05) is 0 Å². The van der Waals surface area contributed by atoms with Gasteiger partial charge in [-0.3, -0.25) is 0 Å². The van der Waals surface area contributed by atoms with Crippen molar-refractivity contribution < 1.29 is 5.11 Å². The zero-order valence-electron chi connectivity index (χ0n) is 6.51. The average Bonchev–Trinajstić information content (AvgIpc) is 2.13. The molecule has 1 rings (SSSR count). The molecular weight excluding hydrogens is 128 g/mol. The second-order valence-corrected chi connectivity index (χ2v) is 2.95. The zero-order valence-corrected chi connectivity index (χ0v) is 6.51. The largest absolute Gasteiger partial charge is 0.395 e. The first-order valence-electron chi connectivity index (χ1n) is 3.85. The van der Waals surface area contributed by atoms with E-state index in [9.17, 15) is 0 Å². The lowest BCUT2D eigenvalue weighted by Gasteiger charge is -2.17. The normalized spacial score (nSPS) is 30.0. The van der Waals surface area contributed by atoms with Crippen LogP contribution in [0.25, 0.3) is 0 Å². The molecule has 60 valence electrons. The van der Waals surface area contributed by atoms with Crippen molar-refractivity contribution in [3.8, 4) is 0 Å². The molecule has 10 heavy (non-hydrogen) atoms. The maximum Gasteiger partial charge on any atom is 0.0597 e. The number of nitrogens with one attached hydrogen (secondary N) is 1. The molecule has 0 spiro atoms. The molecule has 1 atom stereocenters. The molecule has 1 aliphatic rings. The van der Waals surface area contributed by atoms with Crippen LogP contribution in [0.3, 0.4) is 0 Å². The van der Waals surface area contributed by atoms with Gasteiger partial charge in [0.15, 0.2) is 0 Å². The van der Waals surface area contributed by atoms with E-state index >= 15 is 0 Å². The van der Waals surface area contributed by atoms with Crippen LogP contribution in [0.1, 0.15) is 6.42 Å². The summed E-state index contributed by atoms with van der Waals surface area (Å²) in [5.41, 5.74) is 0. The Morgan fingerprint density at radius 1 is 1.70 bits per heavy atom. The van der Waals surface area contributed by atoms with E-state index in [1.165, 1.54) is 6.42 Å². The second-order valence-electron chi connectivity index (χ2n) is 2.95. The molecule has 0 aliphatic carbocycles. The fraction of sp³-hybridized carbons (Fsp3) is 1.00. The van der Waals surface area contributed by atoms with E-state index in [-0.39, 0.29) is 12.6 Å². The van der Waals surface area contributed by atoms with E-state index in [4.69, 9.17) is 5.11 Å². The molecule has 1 aliphatic heterocycles. The molecule has 0 saturated carbocycles. The number of hydrogen-bond acceptors (Lipinski definition) is 3. The van der Waals surface area contributed by atoms with E-state index < -0.39 is 0 Å². The van der Waals surface area contributed by atoms with Gasteiger partial charge in [-0.15, -0.1) is 0 Å². The van der Waals surface area contributed by atoms with Crippen molar-refractivity contribution in [3.05, 3.63) is 0 Å². The summed E-state index contributed by atoms with van der Waals surface area (Å²) in [7, 11) is 2.09. The van der Waals surface area contributed by atoms with Crippen LogP contribution in [0.5, 0.6) is 0 Å². The molecule has 1 unspecified atom stereocenters. The highest BCUT2D eigenvalue weighted by Gasteiger charge is 2.12. The lowest BCUT2D eigenvalue weighted by Crippen LogP contribution is -2.38. The quantitative estimate of drug-likeness (QED) is 0.509. The van der Waals surface area contributed by atoms with Gasteiger partial charge in [-0.2, -0.15) is 0 Å². The van der Waals surface area contributed by atoms with Gasteiger partial charge in [0.1, 0.15) is 0 Å². The molecule has 0 amide bonds. The molecule has 1 fully saturated rings. The average molecular weight is 144 g/mol. The first-order chi connectivity index (χ1) is 4.83. The number of likely N-dealkylation sites (N-methyl/N-ethyl adjacent to an activating group) is 1. The van der Waals surface area contributed by atoms with Crippen LogP contribution < -0.4 is 5.32 Å². The summed E-state index contributed by atoms with van der Waals surface area (Å²) in [6.45, 7) is 3.40. The van der Waals surface area contributed by atoms with Crippen molar-refractivity contribution >= 4 is 0 Å². The van der Waals surface area contributed by atoms with Gasteiger partial charge in [0, 0.05) is 12.6 Å². The smallest absolute Gasteiger partial charge is 0.0597 e.